The van der Waals surface area contributed by atoms with E-state index in [1.165, 1.54) is 0 Å². The number of aliphatic hydroxyl groups is 1. The van der Waals surface area contributed by atoms with E-state index in [9.17, 15) is 5.11 Å². The number of benzene rings is 1. The summed E-state index contributed by atoms with van der Waals surface area (Å²) in [5.74, 6) is 2.04. The minimum Gasteiger partial charge on any atom is -0.491 e. The van der Waals surface area contributed by atoms with Crippen LogP contribution in [-0.2, 0) is 6.54 Å². The van der Waals surface area contributed by atoms with Crippen LogP contribution in [0.5, 0.6) is 17.2 Å². The summed E-state index contributed by atoms with van der Waals surface area (Å²) in [6.07, 6.45) is 3.07. The number of aromatic nitrogens is 2. The summed E-state index contributed by atoms with van der Waals surface area (Å²) in [6, 6.07) is 7.46. The minimum absolute atomic E-state index is 0.204. The number of fused-ring (bicyclic) bond motifs is 1. The summed E-state index contributed by atoms with van der Waals surface area (Å²) in [5.41, 5.74) is 0. The molecule has 0 bridgehead atoms. The number of ether oxygens (including phenoxy) is 3. The first-order valence-corrected chi connectivity index (χ1v) is 7.62. The lowest BCUT2D eigenvalue weighted by Crippen LogP contribution is -2.38. The molecule has 3 rings (SSSR count). The van der Waals surface area contributed by atoms with Crippen LogP contribution >= 0.6 is 0 Å². The third-order valence-electron chi connectivity index (χ3n) is 3.51. The second-order valence-corrected chi connectivity index (χ2v) is 5.52. The van der Waals surface area contributed by atoms with Crippen LogP contribution in [0.1, 0.15) is 6.92 Å². The van der Waals surface area contributed by atoms with Gasteiger partial charge in [-0.15, -0.1) is 0 Å². The molecule has 0 fully saturated rings. The maximum atomic E-state index is 10.0. The molecule has 1 aliphatic heterocycles. The van der Waals surface area contributed by atoms with Gasteiger partial charge in [0.15, 0.2) is 11.5 Å². The first-order valence-electron chi connectivity index (χ1n) is 7.62. The normalized spacial score (nSPS) is 15.4. The van der Waals surface area contributed by atoms with Crippen LogP contribution in [0.25, 0.3) is 0 Å². The maximum absolute atomic E-state index is 10.0. The van der Waals surface area contributed by atoms with Crippen LogP contribution in [0.2, 0.25) is 0 Å². The number of hydrogen-bond donors (Lipinski definition) is 2. The Hall–Kier alpha value is -2.25. The van der Waals surface area contributed by atoms with E-state index in [0.29, 0.717) is 23.8 Å². The van der Waals surface area contributed by atoms with Crippen LogP contribution in [0.3, 0.4) is 0 Å². The molecule has 2 N–H and O–H groups in total. The molecule has 0 saturated heterocycles. The molecule has 0 spiro atoms. The molecule has 23 heavy (non-hydrogen) atoms. The molecule has 1 aromatic carbocycles. The number of hydrogen-bond acceptors (Lipinski definition) is 6. The second-order valence-electron chi connectivity index (χ2n) is 5.52. The lowest BCUT2D eigenvalue weighted by atomic mass is 10.3. The highest BCUT2D eigenvalue weighted by Crippen LogP contribution is 2.35. The molecular formula is C16H21N3O4. The summed E-state index contributed by atoms with van der Waals surface area (Å²) < 4.78 is 18.0. The molecule has 124 valence electrons. The zero-order chi connectivity index (χ0) is 16.1. The van der Waals surface area contributed by atoms with Gasteiger partial charge in [0.1, 0.15) is 18.5 Å². The fourth-order valence-electron chi connectivity index (χ4n) is 2.31. The Morgan fingerprint density at radius 2 is 2.26 bits per heavy atom. The van der Waals surface area contributed by atoms with Crippen molar-refractivity contribution in [1.82, 2.24) is 15.1 Å². The van der Waals surface area contributed by atoms with Gasteiger partial charge >= 0.3 is 0 Å². The van der Waals surface area contributed by atoms with Crippen molar-refractivity contribution in [1.29, 1.82) is 0 Å². The fourth-order valence-corrected chi connectivity index (χ4v) is 2.31. The summed E-state index contributed by atoms with van der Waals surface area (Å²) in [5, 5.41) is 17.4. The van der Waals surface area contributed by atoms with Gasteiger partial charge in [0.2, 0.25) is 6.79 Å². The SMILES string of the molecule is C[C@H](Cn1cccn1)NC[C@H](O)COc1ccc2c(c1)OCO2. The van der Waals surface area contributed by atoms with E-state index in [4.69, 9.17) is 14.2 Å². The van der Waals surface area contributed by atoms with E-state index < -0.39 is 6.10 Å². The van der Waals surface area contributed by atoms with Crippen molar-refractivity contribution >= 4 is 0 Å². The van der Waals surface area contributed by atoms with Crippen LogP contribution in [0.4, 0.5) is 0 Å². The quantitative estimate of drug-likeness (QED) is 0.757. The average molecular weight is 319 g/mol. The molecule has 0 amide bonds. The van der Waals surface area contributed by atoms with E-state index in [0.717, 1.165) is 6.54 Å². The van der Waals surface area contributed by atoms with Crippen molar-refractivity contribution < 1.29 is 19.3 Å². The first kappa shape index (κ1) is 15.6. The van der Waals surface area contributed by atoms with Gasteiger partial charge in [-0.25, -0.2) is 0 Å². The fraction of sp³-hybridized carbons (Fsp3) is 0.438. The molecule has 0 unspecified atom stereocenters. The van der Waals surface area contributed by atoms with Crippen molar-refractivity contribution in [2.24, 2.45) is 0 Å². The molecule has 0 radical (unpaired) electrons. The van der Waals surface area contributed by atoms with E-state index in [1.54, 1.807) is 24.4 Å². The monoisotopic (exact) mass is 319 g/mol. The molecule has 7 heteroatoms. The second kappa shape index (κ2) is 7.34. The highest BCUT2D eigenvalue weighted by molar-refractivity contribution is 5.46. The Morgan fingerprint density at radius 1 is 1.39 bits per heavy atom. The summed E-state index contributed by atoms with van der Waals surface area (Å²) >= 11 is 0. The van der Waals surface area contributed by atoms with Gasteiger partial charge in [0.05, 0.1) is 6.54 Å². The van der Waals surface area contributed by atoms with Crippen LogP contribution in [0, 0.1) is 0 Å². The molecule has 2 atom stereocenters. The van der Waals surface area contributed by atoms with Crippen molar-refractivity contribution in [3.8, 4) is 17.2 Å². The largest absolute Gasteiger partial charge is 0.491 e. The van der Waals surface area contributed by atoms with Crippen LogP contribution < -0.4 is 19.5 Å². The predicted octanol–water partition coefficient (Wildman–Crippen LogP) is 1.03. The number of nitrogens with one attached hydrogen (secondary N) is 1. The molecule has 1 aliphatic rings. The van der Waals surface area contributed by atoms with Crippen LogP contribution in [-0.4, -0.2) is 47.0 Å². The van der Waals surface area contributed by atoms with E-state index >= 15 is 0 Å². The lowest BCUT2D eigenvalue weighted by Gasteiger charge is -2.17. The Balaban J connectivity index is 1.38. The smallest absolute Gasteiger partial charge is 0.231 e. The highest BCUT2D eigenvalue weighted by atomic mass is 16.7. The third-order valence-corrected chi connectivity index (χ3v) is 3.51. The summed E-state index contributed by atoms with van der Waals surface area (Å²) in [7, 11) is 0. The molecule has 0 saturated carbocycles. The van der Waals surface area contributed by atoms with Gasteiger partial charge in [-0.1, -0.05) is 0 Å². The lowest BCUT2D eigenvalue weighted by molar-refractivity contribution is 0.103. The number of rotatable bonds is 8. The van der Waals surface area contributed by atoms with Crippen molar-refractivity contribution in [2.75, 3.05) is 19.9 Å². The minimum atomic E-state index is -0.597. The molecule has 7 nitrogen and oxygen atoms in total. The average Bonchev–Trinajstić information content (AvgIpc) is 3.21. The van der Waals surface area contributed by atoms with Crippen LogP contribution in [0.15, 0.2) is 36.7 Å². The molecular weight excluding hydrogens is 298 g/mol. The molecule has 0 aliphatic carbocycles. The van der Waals surface area contributed by atoms with Gasteiger partial charge in [-0.2, -0.15) is 5.10 Å². The van der Waals surface area contributed by atoms with Gasteiger partial charge < -0.3 is 24.6 Å². The van der Waals surface area contributed by atoms with E-state index in [1.807, 2.05) is 23.9 Å². The third kappa shape index (κ3) is 4.37. The number of aliphatic hydroxyl groups excluding tert-OH is 1. The van der Waals surface area contributed by atoms with E-state index in [-0.39, 0.29) is 19.4 Å². The van der Waals surface area contributed by atoms with Gasteiger partial charge in [0.25, 0.3) is 0 Å². The standard InChI is InChI=1S/C16H21N3O4/c1-12(9-19-6-2-5-18-19)17-8-13(20)10-21-14-3-4-15-16(7-14)23-11-22-15/h2-7,12-13,17,20H,8-11H2,1H3/t12-,13+/m1/s1. The predicted molar refractivity (Wildman–Crippen MR) is 83.8 cm³/mol. The Kier molecular flexibility index (Phi) is 4.99. The van der Waals surface area contributed by atoms with Gasteiger partial charge in [-0.3, -0.25) is 4.68 Å². The van der Waals surface area contributed by atoms with Crippen molar-refractivity contribution in [3.05, 3.63) is 36.7 Å². The number of nitrogens with zero attached hydrogens (tertiary/aromatic N) is 2. The van der Waals surface area contributed by atoms with Gasteiger partial charge in [-0.05, 0) is 25.1 Å². The first-order chi connectivity index (χ1) is 11.2. The summed E-state index contributed by atoms with van der Waals surface area (Å²) in [4.78, 5) is 0. The van der Waals surface area contributed by atoms with Crippen molar-refractivity contribution in [2.45, 2.75) is 25.6 Å². The Morgan fingerprint density at radius 3 is 3.09 bits per heavy atom. The van der Waals surface area contributed by atoms with Gasteiger partial charge in [0, 0.05) is 31.0 Å². The maximum Gasteiger partial charge on any atom is 0.231 e. The zero-order valence-corrected chi connectivity index (χ0v) is 13.0. The molecule has 2 heterocycles. The highest BCUT2D eigenvalue weighted by Gasteiger charge is 2.14. The molecule has 1 aromatic heterocycles. The van der Waals surface area contributed by atoms with E-state index in [2.05, 4.69) is 10.4 Å². The Bertz CT molecular complexity index is 618. The van der Waals surface area contributed by atoms with Crippen molar-refractivity contribution in [3.63, 3.8) is 0 Å². The molecule has 2 aromatic rings. The zero-order valence-electron chi connectivity index (χ0n) is 13.0. The topological polar surface area (TPSA) is 77.8 Å². The summed E-state index contributed by atoms with van der Waals surface area (Å²) in [6.45, 7) is 3.70. The Labute approximate surface area is 134 Å².